The molecule has 1 fully saturated rings. The first-order valence-corrected chi connectivity index (χ1v) is 9.10. The quantitative estimate of drug-likeness (QED) is 0.598. The average Bonchev–Trinajstić information content (AvgIpc) is 3.37. The Hall–Kier alpha value is -3.16. The molecule has 1 aliphatic heterocycles. The second-order valence-corrected chi connectivity index (χ2v) is 6.73. The summed E-state index contributed by atoms with van der Waals surface area (Å²) in [5.41, 5.74) is 2.80. The van der Waals surface area contributed by atoms with Crippen LogP contribution in [0.1, 0.15) is 16.9 Å². The molecule has 0 radical (unpaired) electrons. The Morgan fingerprint density at radius 1 is 1.07 bits per heavy atom. The van der Waals surface area contributed by atoms with E-state index in [1.807, 2.05) is 60.7 Å². The fraction of sp³-hybridized carbons (Fsp3) is 0.190. The Morgan fingerprint density at radius 2 is 1.72 bits per heavy atom. The maximum Gasteiger partial charge on any atom is 0.320 e. The fourth-order valence-electron chi connectivity index (χ4n) is 3.35. The molecule has 2 aromatic carbocycles. The van der Waals surface area contributed by atoms with E-state index < -0.39 is 12.0 Å². The van der Waals surface area contributed by atoms with Crippen molar-refractivity contribution in [3.05, 3.63) is 72.4 Å². The lowest BCUT2D eigenvalue weighted by atomic mass is 10.1. The number of rotatable bonds is 5. The molecule has 0 unspecified atom stereocenters. The van der Waals surface area contributed by atoms with Crippen LogP contribution in [0.4, 0.5) is 0 Å². The van der Waals surface area contributed by atoms with E-state index in [4.69, 9.17) is 5.11 Å². The maximum absolute atomic E-state index is 13.0. The summed E-state index contributed by atoms with van der Waals surface area (Å²) in [6.45, 7) is 0.424. The van der Waals surface area contributed by atoms with Gasteiger partial charge in [0.05, 0.1) is 11.4 Å². The largest absolute Gasteiger partial charge is 0.480 e. The summed E-state index contributed by atoms with van der Waals surface area (Å²) < 4.78 is 1.62. The smallest absolute Gasteiger partial charge is 0.320 e. The van der Waals surface area contributed by atoms with Crippen molar-refractivity contribution in [2.45, 2.75) is 18.5 Å². The van der Waals surface area contributed by atoms with E-state index in [0.717, 1.165) is 11.3 Å². The van der Waals surface area contributed by atoms with Crippen LogP contribution in [0.25, 0.3) is 16.9 Å². The van der Waals surface area contributed by atoms with Gasteiger partial charge in [0.15, 0.2) is 0 Å². The third-order valence-corrected chi connectivity index (χ3v) is 4.78. The van der Waals surface area contributed by atoms with E-state index in [-0.39, 0.29) is 24.4 Å². The number of hydrogen-bond acceptors (Lipinski definition) is 4. The zero-order chi connectivity index (χ0) is 19.5. The van der Waals surface area contributed by atoms with E-state index in [1.165, 1.54) is 0 Å². The number of carbonyl (C=O) groups excluding carboxylic acids is 1. The van der Waals surface area contributed by atoms with Gasteiger partial charge in [-0.05, 0) is 24.6 Å². The SMILES string of the molecule is Cl.O=C(N[C@@H]1CN[C@H](C(=O)O)C1)c1cc(-c2ccccc2)nn1-c1ccccc1. The minimum Gasteiger partial charge on any atom is -0.480 e. The lowest BCUT2D eigenvalue weighted by molar-refractivity contribution is -0.139. The van der Waals surface area contributed by atoms with Crippen LogP contribution >= 0.6 is 12.4 Å². The molecule has 3 N–H and O–H groups in total. The van der Waals surface area contributed by atoms with E-state index in [2.05, 4.69) is 15.7 Å². The molecule has 0 saturated carbocycles. The molecule has 0 bridgehead atoms. The fourth-order valence-corrected chi connectivity index (χ4v) is 3.35. The van der Waals surface area contributed by atoms with Crippen molar-refractivity contribution < 1.29 is 14.7 Å². The molecular formula is C21H21ClN4O3. The van der Waals surface area contributed by atoms with Gasteiger partial charge in [-0.15, -0.1) is 12.4 Å². The molecular weight excluding hydrogens is 392 g/mol. The number of benzene rings is 2. The Bertz CT molecular complexity index is 992. The van der Waals surface area contributed by atoms with Crippen LogP contribution in [0.5, 0.6) is 0 Å². The summed E-state index contributed by atoms with van der Waals surface area (Å²) in [4.78, 5) is 24.1. The van der Waals surface area contributed by atoms with Crippen LogP contribution in [-0.4, -0.2) is 45.4 Å². The number of aliphatic carboxylic acids is 1. The number of carbonyl (C=O) groups is 2. The van der Waals surface area contributed by atoms with Crippen LogP contribution in [0.15, 0.2) is 66.7 Å². The predicted octanol–water partition coefficient (Wildman–Crippen LogP) is 2.51. The maximum atomic E-state index is 13.0. The molecule has 0 aliphatic carbocycles. The number of para-hydroxylation sites is 1. The predicted molar refractivity (Wildman–Crippen MR) is 112 cm³/mol. The summed E-state index contributed by atoms with van der Waals surface area (Å²) >= 11 is 0. The van der Waals surface area contributed by atoms with Crippen LogP contribution in [0.2, 0.25) is 0 Å². The Kier molecular flexibility index (Phi) is 6.31. The first kappa shape index (κ1) is 20.6. The lowest BCUT2D eigenvalue weighted by Crippen LogP contribution is -2.37. The first-order valence-electron chi connectivity index (χ1n) is 9.10. The molecule has 7 nitrogen and oxygen atoms in total. The third kappa shape index (κ3) is 4.47. The zero-order valence-electron chi connectivity index (χ0n) is 15.5. The van der Waals surface area contributed by atoms with Crippen molar-refractivity contribution in [1.29, 1.82) is 0 Å². The summed E-state index contributed by atoms with van der Waals surface area (Å²) in [6, 6.07) is 20.0. The number of aromatic nitrogens is 2. The standard InChI is InChI=1S/C21H20N4O3.ClH/c26-20(23-15-11-18(21(27)28)22-13-15)19-12-17(14-7-3-1-4-8-14)24-25(19)16-9-5-2-6-10-16;/h1-10,12,15,18,22H,11,13H2,(H,23,26)(H,27,28);1H/t15-,18-;/m0./s1. The third-order valence-electron chi connectivity index (χ3n) is 4.78. The Balaban J connectivity index is 0.00000240. The minimum absolute atomic E-state index is 0. The van der Waals surface area contributed by atoms with Gasteiger partial charge in [0.1, 0.15) is 11.7 Å². The highest BCUT2D eigenvalue weighted by Crippen LogP contribution is 2.22. The molecule has 2 atom stereocenters. The summed E-state index contributed by atoms with van der Waals surface area (Å²) in [5.74, 6) is -1.19. The molecule has 1 saturated heterocycles. The second kappa shape index (κ2) is 8.89. The Labute approximate surface area is 174 Å². The van der Waals surface area contributed by atoms with Gasteiger partial charge in [0.2, 0.25) is 0 Å². The second-order valence-electron chi connectivity index (χ2n) is 6.73. The highest BCUT2D eigenvalue weighted by molar-refractivity contribution is 5.94. The van der Waals surface area contributed by atoms with Gasteiger partial charge in [0, 0.05) is 18.2 Å². The van der Waals surface area contributed by atoms with Crippen molar-refractivity contribution in [3.8, 4) is 16.9 Å². The van der Waals surface area contributed by atoms with Crippen molar-refractivity contribution in [2.75, 3.05) is 6.54 Å². The zero-order valence-corrected chi connectivity index (χ0v) is 16.3. The van der Waals surface area contributed by atoms with Crippen LogP contribution in [-0.2, 0) is 4.79 Å². The lowest BCUT2D eigenvalue weighted by Gasteiger charge is -2.12. The van der Waals surface area contributed by atoms with Crippen molar-refractivity contribution >= 4 is 24.3 Å². The van der Waals surface area contributed by atoms with Gasteiger partial charge < -0.3 is 15.7 Å². The van der Waals surface area contributed by atoms with Gasteiger partial charge >= 0.3 is 5.97 Å². The highest BCUT2D eigenvalue weighted by atomic mass is 35.5. The average molecular weight is 413 g/mol. The molecule has 2 heterocycles. The first-order chi connectivity index (χ1) is 13.6. The molecule has 1 amide bonds. The van der Waals surface area contributed by atoms with E-state index in [1.54, 1.807) is 10.7 Å². The molecule has 150 valence electrons. The number of hydrogen-bond donors (Lipinski definition) is 3. The molecule has 29 heavy (non-hydrogen) atoms. The summed E-state index contributed by atoms with van der Waals surface area (Å²) in [6.07, 6.45) is 0.353. The van der Waals surface area contributed by atoms with Gasteiger partial charge in [-0.2, -0.15) is 5.10 Å². The number of carboxylic acids is 1. The summed E-state index contributed by atoms with van der Waals surface area (Å²) in [7, 11) is 0. The van der Waals surface area contributed by atoms with Gasteiger partial charge in [-0.1, -0.05) is 48.5 Å². The number of nitrogens with zero attached hydrogens (tertiary/aromatic N) is 2. The van der Waals surface area contributed by atoms with Gasteiger partial charge in [-0.3, -0.25) is 9.59 Å². The van der Waals surface area contributed by atoms with Crippen LogP contribution in [0.3, 0.4) is 0 Å². The van der Waals surface area contributed by atoms with Gasteiger partial charge in [0.25, 0.3) is 5.91 Å². The van der Waals surface area contributed by atoms with E-state index in [0.29, 0.717) is 24.4 Å². The van der Waals surface area contributed by atoms with Gasteiger partial charge in [-0.25, -0.2) is 4.68 Å². The molecule has 1 aromatic heterocycles. The monoisotopic (exact) mass is 412 g/mol. The molecule has 4 rings (SSSR count). The van der Waals surface area contributed by atoms with Crippen LogP contribution < -0.4 is 10.6 Å². The summed E-state index contributed by atoms with van der Waals surface area (Å²) in [5, 5.41) is 19.6. The van der Waals surface area contributed by atoms with Crippen molar-refractivity contribution in [1.82, 2.24) is 20.4 Å². The van der Waals surface area contributed by atoms with E-state index >= 15 is 0 Å². The van der Waals surface area contributed by atoms with Crippen molar-refractivity contribution in [3.63, 3.8) is 0 Å². The number of nitrogens with one attached hydrogen (secondary N) is 2. The minimum atomic E-state index is -0.905. The highest BCUT2D eigenvalue weighted by Gasteiger charge is 2.31. The number of carboxylic acid groups (broad SMARTS) is 1. The number of amides is 1. The Morgan fingerprint density at radius 3 is 2.34 bits per heavy atom. The molecule has 1 aliphatic rings. The number of halogens is 1. The van der Waals surface area contributed by atoms with E-state index in [9.17, 15) is 9.59 Å². The molecule has 8 heteroatoms. The topological polar surface area (TPSA) is 96.2 Å². The van der Waals surface area contributed by atoms with Crippen molar-refractivity contribution in [2.24, 2.45) is 0 Å². The normalized spacial score (nSPS) is 18.1. The van der Waals surface area contributed by atoms with Crippen LogP contribution in [0, 0.1) is 0 Å². The molecule has 3 aromatic rings. The molecule has 0 spiro atoms.